The number of anilines is 1. The molecule has 1 amide bonds. The van der Waals surface area contributed by atoms with E-state index in [1.807, 2.05) is 6.07 Å². The summed E-state index contributed by atoms with van der Waals surface area (Å²) in [6, 6.07) is 12.5. The Morgan fingerprint density at radius 3 is 2.45 bits per heavy atom. The van der Waals surface area contributed by atoms with E-state index in [1.54, 1.807) is 19.1 Å². The van der Waals surface area contributed by atoms with Crippen LogP contribution in [0.3, 0.4) is 0 Å². The summed E-state index contributed by atoms with van der Waals surface area (Å²) in [4.78, 5) is 13.4. The zero-order valence-corrected chi connectivity index (χ0v) is 17.5. The van der Waals surface area contributed by atoms with Crippen molar-refractivity contribution in [3.63, 3.8) is 0 Å². The van der Waals surface area contributed by atoms with Gasteiger partial charge in [-0.25, -0.2) is 8.42 Å². The lowest BCUT2D eigenvalue weighted by Crippen LogP contribution is -2.47. The molecular weight excluding hydrogens is 412 g/mol. The molecule has 0 spiro atoms. The van der Waals surface area contributed by atoms with Gasteiger partial charge in [0, 0.05) is 5.02 Å². The smallest absolute Gasteiger partial charge is 0.246 e. The molecule has 1 N–H and O–H groups in total. The molecule has 0 saturated heterocycles. The fourth-order valence-electron chi connectivity index (χ4n) is 3.62. The van der Waals surface area contributed by atoms with Crippen LogP contribution in [0.25, 0.3) is 0 Å². The number of hydrogen-bond acceptors (Lipinski definition) is 5. The molecule has 0 atom stereocenters. The Bertz CT molecular complexity index is 1050. The van der Waals surface area contributed by atoms with Crippen LogP contribution < -0.4 is 10.1 Å². The molecule has 3 rings (SSSR count). The first-order valence-electron chi connectivity index (χ1n) is 9.32. The van der Waals surface area contributed by atoms with Crippen molar-refractivity contribution in [3.05, 3.63) is 53.1 Å². The van der Waals surface area contributed by atoms with Crippen molar-refractivity contribution in [2.45, 2.75) is 42.2 Å². The van der Waals surface area contributed by atoms with Gasteiger partial charge in [-0.2, -0.15) is 5.26 Å². The van der Waals surface area contributed by atoms with Crippen LogP contribution in [-0.2, 0) is 14.6 Å². The molecule has 29 heavy (non-hydrogen) atoms. The van der Waals surface area contributed by atoms with E-state index in [2.05, 4.69) is 5.32 Å². The van der Waals surface area contributed by atoms with Gasteiger partial charge in [0.1, 0.15) is 5.75 Å². The molecule has 0 heterocycles. The number of carbonyl (C=O) groups excluding carboxylic acids is 1. The maximum atomic E-state index is 13.4. The summed E-state index contributed by atoms with van der Waals surface area (Å²) in [6.45, 7) is 2.16. The van der Waals surface area contributed by atoms with Crippen LogP contribution >= 0.6 is 11.6 Å². The number of ether oxygens (including phenoxy) is 1. The van der Waals surface area contributed by atoms with Crippen LogP contribution in [0.5, 0.6) is 5.75 Å². The van der Waals surface area contributed by atoms with Gasteiger partial charge in [-0.1, -0.05) is 24.4 Å². The van der Waals surface area contributed by atoms with Crippen LogP contribution in [0.1, 0.15) is 38.2 Å². The number of nitriles is 1. The quantitative estimate of drug-likeness (QED) is 0.732. The Balaban J connectivity index is 2.01. The van der Waals surface area contributed by atoms with Crippen molar-refractivity contribution in [1.82, 2.24) is 0 Å². The highest BCUT2D eigenvalue weighted by atomic mass is 35.5. The van der Waals surface area contributed by atoms with E-state index < -0.39 is 20.5 Å². The molecule has 6 nitrogen and oxygen atoms in total. The molecule has 1 aliphatic carbocycles. The fraction of sp³-hybridized carbons (Fsp3) is 0.333. The Labute approximate surface area is 175 Å². The Morgan fingerprint density at radius 2 is 1.86 bits per heavy atom. The third kappa shape index (κ3) is 3.96. The van der Waals surface area contributed by atoms with Gasteiger partial charge in [0.05, 0.1) is 28.8 Å². The molecule has 8 heteroatoms. The zero-order valence-electron chi connectivity index (χ0n) is 15.9. The van der Waals surface area contributed by atoms with Crippen molar-refractivity contribution in [2.24, 2.45) is 0 Å². The largest absolute Gasteiger partial charge is 0.492 e. The van der Waals surface area contributed by atoms with Gasteiger partial charge in [-0.3, -0.25) is 4.79 Å². The predicted octanol–water partition coefficient (Wildman–Crippen LogP) is 4.34. The summed E-state index contributed by atoms with van der Waals surface area (Å²) >= 11 is 5.89. The van der Waals surface area contributed by atoms with Crippen molar-refractivity contribution < 1.29 is 17.9 Å². The van der Waals surface area contributed by atoms with Crippen LogP contribution in [0.2, 0.25) is 5.02 Å². The van der Waals surface area contributed by atoms with E-state index in [4.69, 9.17) is 21.6 Å². The van der Waals surface area contributed by atoms with E-state index in [0.717, 1.165) is 0 Å². The summed E-state index contributed by atoms with van der Waals surface area (Å²) in [5.74, 6) is -0.224. The first-order chi connectivity index (χ1) is 13.8. The maximum Gasteiger partial charge on any atom is 0.246 e. The third-order valence-corrected chi connectivity index (χ3v) is 7.89. The summed E-state index contributed by atoms with van der Waals surface area (Å²) in [5.41, 5.74) is 0.623. The van der Waals surface area contributed by atoms with Gasteiger partial charge in [-0.05, 0) is 62.2 Å². The highest BCUT2D eigenvalue weighted by Gasteiger charge is 2.53. The number of amides is 1. The molecule has 0 unspecified atom stereocenters. The normalized spacial score (nSPS) is 15.5. The molecule has 0 aromatic heterocycles. The molecule has 152 valence electrons. The maximum absolute atomic E-state index is 13.4. The minimum Gasteiger partial charge on any atom is -0.492 e. The molecule has 1 fully saturated rings. The van der Waals surface area contributed by atoms with Gasteiger partial charge in [0.2, 0.25) is 5.91 Å². The van der Waals surface area contributed by atoms with Crippen LogP contribution in [0, 0.1) is 11.3 Å². The fourth-order valence-corrected chi connectivity index (χ4v) is 5.81. The van der Waals surface area contributed by atoms with Crippen molar-refractivity contribution in [3.8, 4) is 11.8 Å². The Morgan fingerprint density at radius 1 is 1.21 bits per heavy atom. The molecule has 0 bridgehead atoms. The number of halogens is 1. The van der Waals surface area contributed by atoms with Gasteiger partial charge < -0.3 is 10.1 Å². The molecule has 2 aromatic carbocycles. The highest BCUT2D eigenvalue weighted by molar-refractivity contribution is 7.93. The first kappa shape index (κ1) is 21.2. The molecule has 1 aliphatic rings. The SMILES string of the molecule is CCOc1ccc(C#N)cc1NC(=O)C1(S(=O)(=O)c2ccc(Cl)cc2)CCCC1. The van der Waals surface area contributed by atoms with E-state index in [-0.39, 0.29) is 23.4 Å². The topological polar surface area (TPSA) is 96.3 Å². The Hall–Kier alpha value is -2.56. The lowest BCUT2D eigenvalue weighted by atomic mass is 10.1. The van der Waals surface area contributed by atoms with Crippen LogP contribution in [0.15, 0.2) is 47.4 Å². The number of nitrogens with zero attached hydrogens (tertiary/aromatic N) is 1. The number of carbonyl (C=O) groups is 1. The van der Waals surface area contributed by atoms with Crippen LogP contribution in [0.4, 0.5) is 5.69 Å². The van der Waals surface area contributed by atoms with E-state index in [1.165, 1.54) is 30.3 Å². The number of rotatable bonds is 6. The Kier molecular flexibility index (Phi) is 6.15. The minimum atomic E-state index is -3.95. The zero-order chi connectivity index (χ0) is 21.1. The second-order valence-corrected chi connectivity index (χ2v) is 9.56. The standard InChI is InChI=1S/C21H21ClN2O4S/c1-2-28-19-10-5-15(14-23)13-18(19)24-20(25)21(11-3-4-12-21)29(26,27)17-8-6-16(22)7-9-17/h5-10,13H,2-4,11-12H2,1H3,(H,24,25). The number of hydrogen-bond donors (Lipinski definition) is 1. The second-order valence-electron chi connectivity index (χ2n) is 6.87. The van der Waals surface area contributed by atoms with Crippen molar-refractivity contribution >= 4 is 33.0 Å². The molecular formula is C21H21ClN2O4S. The van der Waals surface area contributed by atoms with E-state index in [9.17, 15) is 13.2 Å². The molecule has 0 aliphatic heterocycles. The van der Waals surface area contributed by atoms with Crippen molar-refractivity contribution in [1.29, 1.82) is 5.26 Å². The van der Waals surface area contributed by atoms with E-state index >= 15 is 0 Å². The minimum absolute atomic E-state index is 0.0646. The van der Waals surface area contributed by atoms with E-state index in [0.29, 0.717) is 35.8 Å². The van der Waals surface area contributed by atoms with Crippen molar-refractivity contribution in [2.75, 3.05) is 11.9 Å². The number of sulfone groups is 1. The number of nitrogens with one attached hydrogen (secondary N) is 1. The third-order valence-electron chi connectivity index (χ3n) is 5.12. The average molecular weight is 433 g/mol. The average Bonchev–Trinajstić information content (AvgIpc) is 3.22. The summed E-state index contributed by atoms with van der Waals surface area (Å²) < 4.78 is 30.8. The molecule has 0 radical (unpaired) electrons. The first-order valence-corrected chi connectivity index (χ1v) is 11.2. The molecule has 1 saturated carbocycles. The predicted molar refractivity (Wildman–Crippen MR) is 111 cm³/mol. The summed E-state index contributed by atoms with van der Waals surface area (Å²) in [7, 11) is -3.95. The monoisotopic (exact) mass is 432 g/mol. The van der Waals surface area contributed by atoms with Gasteiger partial charge >= 0.3 is 0 Å². The van der Waals surface area contributed by atoms with Crippen LogP contribution in [-0.4, -0.2) is 25.7 Å². The lowest BCUT2D eigenvalue weighted by molar-refractivity contribution is -0.118. The molecule has 2 aromatic rings. The summed E-state index contributed by atoms with van der Waals surface area (Å²) in [5, 5.41) is 12.3. The van der Waals surface area contributed by atoms with Gasteiger partial charge in [0.25, 0.3) is 0 Å². The van der Waals surface area contributed by atoms with Gasteiger partial charge in [-0.15, -0.1) is 0 Å². The van der Waals surface area contributed by atoms with Gasteiger partial charge in [0.15, 0.2) is 14.6 Å². The highest BCUT2D eigenvalue weighted by Crippen LogP contribution is 2.42. The lowest BCUT2D eigenvalue weighted by Gasteiger charge is -2.28. The second kappa shape index (κ2) is 8.44. The number of benzene rings is 2. The summed E-state index contributed by atoms with van der Waals surface area (Å²) in [6.07, 6.45) is 1.73.